The normalized spacial score (nSPS) is 20.3. The zero-order valence-corrected chi connectivity index (χ0v) is 11.0. The van der Waals surface area contributed by atoms with Crippen LogP contribution in [0.1, 0.15) is 23.4 Å². The van der Waals surface area contributed by atoms with Crippen molar-refractivity contribution >= 4 is 11.8 Å². The Morgan fingerprint density at radius 3 is 2.50 bits per heavy atom. The molecule has 4 heteroatoms. The molecule has 0 aromatic carbocycles. The van der Waals surface area contributed by atoms with Crippen molar-refractivity contribution < 1.29 is 0 Å². The van der Waals surface area contributed by atoms with Crippen LogP contribution < -0.4 is 5.32 Å². The standard InChI is InChI=1S/C12H19N3S/c1-8-11(6-10-4-5-13-7-10)9(2)15-12(14-8)16-3/h10,13H,4-7H2,1-3H3. The van der Waals surface area contributed by atoms with Gasteiger partial charge in [-0.2, -0.15) is 0 Å². The summed E-state index contributed by atoms with van der Waals surface area (Å²) in [6.07, 6.45) is 4.43. The molecule has 3 nitrogen and oxygen atoms in total. The molecule has 1 aliphatic heterocycles. The van der Waals surface area contributed by atoms with E-state index in [-0.39, 0.29) is 0 Å². The molecule has 0 radical (unpaired) electrons. The monoisotopic (exact) mass is 237 g/mol. The number of hydrogen-bond acceptors (Lipinski definition) is 4. The van der Waals surface area contributed by atoms with Gasteiger partial charge in [0.1, 0.15) is 0 Å². The molecule has 1 aromatic rings. The van der Waals surface area contributed by atoms with E-state index < -0.39 is 0 Å². The Morgan fingerprint density at radius 2 is 2.00 bits per heavy atom. The van der Waals surface area contributed by atoms with Gasteiger partial charge in [-0.3, -0.25) is 0 Å². The second kappa shape index (κ2) is 5.15. The van der Waals surface area contributed by atoms with E-state index in [0.717, 1.165) is 42.0 Å². The van der Waals surface area contributed by atoms with Gasteiger partial charge in [0, 0.05) is 11.4 Å². The maximum Gasteiger partial charge on any atom is 0.187 e. The molecule has 0 bridgehead atoms. The second-order valence-corrected chi connectivity index (χ2v) is 5.20. The van der Waals surface area contributed by atoms with Crippen LogP contribution in [-0.4, -0.2) is 29.3 Å². The molecule has 2 heterocycles. The lowest BCUT2D eigenvalue weighted by molar-refractivity contribution is 0.571. The van der Waals surface area contributed by atoms with Gasteiger partial charge in [0.2, 0.25) is 0 Å². The summed E-state index contributed by atoms with van der Waals surface area (Å²) >= 11 is 1.61. The predicted molar refractivity (Wildman–Crippen MR) is 68.0 cm³/mol. The Bertz CT molecular complexity index is 350. The summed E-state index contributed by atoms with van der Waals surface area (Å²) in [4.78, 5) is 9.05. The first kappa shape index (κ1) is 11.9. The minimum Gasteiger partial charge on any atom is -0.316 e. The number of hydrogen-bond donors (Lipinski definition) is 1. The van der Waals surface area contributed by atoms with Gasteiger partial charge in [0.25, 0.3) is 0 Å². The van der Waals surface area contributed by atoms with E-state index in [1.54, 1.807) is 11.8 Å². The van der Waals surface area contributed by atoms with Gasteiger partial charge >= 0.3 is 0 Å². The summed E-state index contributed by atoms with van der Waals surface area (Å²) in [5.74, 6) is 0.765. The fourth-order valence-corrected chi connectivity index (χ4v) is 2.73. The average Bonchev–Trinajstić information content (AvgIpc) is 2.75. The molecule has 0 saturated carbocycles. The highest BCUT2D eigenvalue weighted by molar-refractivity contribution is 7.98. The van der Waals surface area contributed by atoms with Crippen molar-refractivity contribution in [2.45, 2.75) is 31.8 Å². The first-order valence-corrected chi connectivity index (χ1v) is 7.02. The summed E-state index contributed by atoms with van der Waals surface area (Å²) in [6, 6.07) is 0. The van der Waals surface area contributed by atoms with E-state index in [9.17, 15) is 0 Å². The lowest BCUT2D eigenvalue weighted by atomic mass is 9.97. The lowest BCUT2D eigenvalue weighted by Gasteiger charge is -2.13. The van der Waals surface area contributed by atoms with Crippen molar-refractivity contribution in [2.24, 2.45) is 5.92 Å². The van der Waals surface area contributed by atoms with Crippen molar-refractivity contribution in [3.05, 3.63) is 17.0 Å². The fraction of sp³-hybridized carbons (Fsp3) is 0.667. The fourth-order valence-electron chi connectivity index (χ4n) is 2.27. The molecular weight excluding hydrogens is 218 g/mol. The molecular formula is C12H19N3S. The van der Waals surface area contributed by atoms with Crippen molar-refractivity contribution in [3.8, 4) is 0 Å². The maximum absolute atomic E-state index is 4.53. The number of rotatable bonds is 3. The highest BCUT2D eigenvalue weighted by atomic mass is 32.2. The molecule has 16 heavy (non-hydrogen) atoms. The van der Waals surface area contributed by atoms with E-state index >= 15 is 0 Å². The summed E-state index contributed by atoms with van der Waals surface area (Å²) in [7, 11) is 0. The molecule has 1 aliphatic rings. The van der Waals surface area contributed by atoms with Crippen LogP contribution >= 0.6 is 11.8 Å². The zero-order chi connectivity index (χ0) is 11.5. The third kappa shape index (κ3) is 2.55. The average molecular weight is 237 g/mol. The first-order valence-electron chi connectivity index (χ1n) is 5.79. The van der Waals surface area contributed by atoms with Crippen LogP contribution in [-0.2, 0) is 6.42 Å². The molecule has 1 atom stereocenters. The maximum atomic E-state index is 4.53. The van der Waals surface area contributed by atoms with Crippen molar-refractivity contribution in [2.75, 3.05) is 19.3 Å². The van der Waals surface area contributed by atoms with Gasteiger partial charge in [-0.1, -0.05) is 11.8 Å². The Kier molecular flexibility index (Phi) is 3.82. The van der Waals surface area contributed by atoms with Crippen LogP contribution in [0.25, 0.3) is 0 Å². The Labute approximate surface area is 101 Å². The summed E-state index contributed by atoms with van der Waals surface area (Å²) < 4.78 is 0. The molecule has 0 aliphatic carbocycles. The van der Waals surface area contributed by atoms with Crippen molar-refractivity contribution in [3.63, 3.8) is 0 Å². The second-order valence-electron chi connectivity index (χ2n) is 4.42. The summed E-state index contributed by atoms with van der Waals surface area (Å²) in [5.41, 5.74) is 3.67. The van der Waals surface area contributed by atoms with E-state index in [4.69, 9.17) is 0 Å². The summed E-state index contributed by atoms with van der Waals surface area (Å²) in [5, 5.41) is 4.30. The van der Waals surface area contributed by atoms with Crippen molar-refractivity contribution in [1.82, 2.24) is 15.3 Å². The van der Waals surface area contributed by atoms with E-state index in [0.29, 0.717) is 0 Å². The molecule has 1 N–H and O–H groups in total. The molecule has 1 unspecified atom stereocenters. The smallest absolute Gasteiger partial charge is 0.187 e. The lowest BCUT2D eigenvalue weighted by Crippen LogP contribution is -2.13. The van der Waals surface area contributed by atoms with E-state index in [2.05, 4.69) is 29.1 Å². The molecule has 2 rings (SSSR count). The Morgan fingerprint density at radius 1 is 1.31 bits per heavy atom. The summed E-state index contributed by atoms with van der Waals surface area (Å²) in [6.45, 7) is 6.51. The van der Waals surface area contributed by atoms with Crippen LogP contribution in [0.5, 0.6) is 0 Å². The largest absolute Gasteiger partial charge is 0.316 e. The molecule has 0 amide bonds. The van der Waals surface area contributed by atoms with Gasteiger partial charge in [-0.15, -0.1) is 0 Å². The molecule has 88 valence electrons. The molecule has 1 saturated heterocycles. The highest BCUT2D eigenvalue weighted by Crippen LogP contribution is 2.21. The quantitative estimate of drug-likeness (QED) is 0.644. The van der Waals surface area contributed by atoms with Crippen LogP contribution in [0.2, 0.25) is 0 Å². The Balaban J connectivity index is 2.19. The third-order valence-electron chi connectivity index (χ3n) is 3.24. The molecule has 0 spiro atoms. The van der Waals surface area contributed by atoms with E-state index in [1.807, 2.05) is 6.26 Å². The van der Waals surface area contributed by atoms with Gasteiger partial charge in [-0.25, -0.2) is 9.97 Å². The molecule has 1 aromatic heterocycles. The zero-order valence-electron chi connectivity index (χ0n) is 10.2. The van der Waals surface area contributed by atoms with Crippen LogP contribution in [0.15, 0.2) is 5.16 Å². The number of thioether (sulfide) groups is 1. The SMILES string of the molecule is CSc1nc(C)c(CC2CCNC2)c(C)n1. The number of nitrogens with one attached hydrogen (secondary N) is 1. The topological polar surface area (TPSA) is 37.8 Å². The van der Waals surface area contributed by atoms with Gasteiger partial charge in [0.15, 0.2) is 5.16 Å². The van der Waals surface area contributed by atoms with Gasteiger partial charge < -0.3 is 5.32 Å². The highest BCUT2D eigenvalue weighted by Gasteiger charge is 2.18. The van der Waals surface area contributed by atoms with Gasteiger partial charge in [-0.05, 0) is 57.5 Å². The molecule has 1 fully saturated rings. The predicted octanol–water partition coefficient (Wildman–Crippen LogP) is 1.97. The van der Waals surface area contributed by atoms with Crippen molar-refractivity contribution in [1.29, 1.82) is 0 Å². The van der Waals surface area contributed by atoms with Gasteiger partial charge in [0.05, 0.1) is 0 Å². The first-order chi connectivity index (χ1) is 7.70. The Hall–Kier alpha value is -0.610. The van der Waals surface area contributed by atoms with Crippen LogP contribution in [0.4, 0.5) is 0 Å². The number of nitrogens with zero attached hydrogens (tertiary/aromatic N) is 2. The minimum atomic E-state index is 0.765. The van der Waals surface area contributed by atoms with E-state index in [1.165, 1.54) is 12.0 Å². The third-order valence-corrected chi connectivity index (χ3v) is 3.79. The van der Waals surface area contributed by atoms with Crippen LogP contribution in [0.3, 0.4) is 0 Å². The number of aromatic nitrogens is 2. The van der Waals surface area contributed by atoms with Crippen LogP contribution in [0, 0.1) is 19.8 Å². The number of aryl methyl sites for hydroxylation is 2. The minimum absolute atomic E-state index is 0.765.